The zero-order valence-electron chi connectivity index (χ0n) is 13.4. The number of hydrogen-bond donors (Lipinski definition) is 4. The zero-order valence-corrected chi connectivity index (χ0v) is 13.4. The van der Waals surface area contributed by atoms with E-state index < -0.39 is 30.7 Å². The standard InChI is InChI=1S/C18H20FNO5/c19-14-7-6-13(10-21)15(8-14)17(23)16(22)9-20-18(24)25-11-12-4-2-1-3-5-12/h1-8,16-17,21-23H,9-11H2,(H,20,24). The van der Waals surface area contributed by atoms with E-state index in [0.29, 0.717) is 5.56 Å². The normalized spacial score (nSPS) is 13.1. The lowest BCUT2D eigenvalue weighted by Crippen LogP contribution is -2.36. The summed E-state index contributed by atoms with van der Waals surface area (Å²) >= 11 is 0. The van der Waals surface area contributed by atoms with Gasteiger partial charge in [-0.15, -0.1) is 0 Å². The molecule has 0 aromatic heterocycles. The second kappa shape index (κ2) is 9.12. The van der Waals surface area contributed by atoms with Crippen molar-refractivity contribution >= 4 is 6.09 Å². The molecule has 7 heteroatoms. The van der Waals surface area contributed by atoms with Crippen LogP contribution in [0.5, 0.6) is 0 Å². The quantitative estimate of drug-likeness (QED) is 0.609. The second-order valence-corrected chi connectivity index (χ2v) is 5.46. The molecule has 4 N–H and O–H groups in total. The molecule has 2 aromatic carbocycles. The topological polar surface area (TPSA) is 99.0 Å². The molecule has 0 bridgehead atoms. The SMILES string of the molecule is O=C(NCC(O)C(O)c1cc(F)ccc1CO)OCc1ccccc1. The van der Waals surface area contributed by atoms with E-state index >= 15 is 0 Å². The van der Waals surface area contributed by atoms with E-state index in [9.17, 15) is 24.5 Å². The molecule has 0 radical (unpaired) electrons. The molecular weight excluding hydrogens is 329 g/mol. The highest BCUT2D eigenvalue weighted by Crippen LogP contribution is 2.22. The predicted octanol–water partition coefficient (Wildman–Crippen LogP) is 1.64. The van der Waals surface area contributed by atoms with Gasteiger partial charge in [-0.3, -0.25) is 0 Å². The van der Waals surface area contributed by atoms with Gasteiger partial charge >= 0.3 is 6.09 Å². The summed E-state index contributed by atoms with van der Waals surface area (Å²) in [5.74, 6) is -0.603. The highest BCUT2D eigenvalue weighted by molar-refractivity contribution is 5.67. The molecular formula is C18H20FNO5. The fourth-order valence-corrected chi connectivity index (χ4v) is 2.27. The first kappa shape index (κ1) is 18.9. The predicted molar refractivity (Wildman–Crippen MR) is 87.9 cm³/mol. The van der Waals surface area contributed by atoms with Crippen molar-refractivity contribution in [2.75, 3.05) is 6.54 Å². The summed E-state index contributed by atoms with van der Waals surface area (Å²) in [5.41, 5.74) is 1.17. The Morgan fingerprint density at radius 1 is 1.16 bits per heavy atom. The molecule has 25 heavy (non-hydrogen) atoms. The van der Waals surface area contributed by atoms with E-state index in [1.807, 2.05) is 18.2 Å². The summed E-state index contributed by atoms with van der Waals surface area (Å²) in [4.78, 5) is 11.6. The lowest BCUT2D eigenvalue weighted by molar-refractivity contribution is 0.0171. The van der Waals surface area contributed by atoms with Gasteiger partial charge in [0, 0.05) is 6.54 Å². The first-order chi connectivity index (χ1) is 12.0. The minimum absolute atomic E-state index is 0.0643. The molecule has 0 fully saturated rings. The third kappa shape index (κ3) is 5.53. The minimum Gasteiger partial charge on any atom is -0.445 e. The van der Waals surface area contributed by atoms with Gasteiger partial charge < -0.3 is 25.4 Å². The molecule has 0 aliphatic heterocycles. The van der Waals surface area contributed by atoms with E-state index in [4.69, 9.17) is 4.74 Å². The summed E-state index contributed by atoms with van der Waals surface area (Å²) in [6, 6.07) is 12.6. The van der Waals surface area contributed by atoms with E-state index in [0.717, 1.165) is 17.7 Å². The molecule has 0 saturated heterocycles. The number of benzene rings is 2. The molecule has 0 heterocycles. The van der Waals surface area contributed by atoms with E-state index in [1.54, 1.807) is 12.1 Å². The van der Waals surface area contributed by atoms with Gasteiger partial charge in [0.2, 0.25) is 0 Å². The number of hydrogen-bond acceptors (Lipinski definition) is 5. The van der Waals surface area contributed by atoms with E-state index in [-0.39, 0.29) is 18.7 Å². The van der Waals surface area contributed by atoms with Crippen molar-refractivity contribution in [3.8, 4) is 0 Å². The van der Waals surface area contributed by atoms with Crippen LogP contribution in [0.2, 0.25) is 0 Å². The molecule has 6 nitrogen and oxygen atoms in total. The number of aliphatic hydroxyl groups is 3. The number of carbonyl (C=O) groups excluding carboxylic acids is 1. The van der Waals surface area contributed by atoms with Crippen molar-refractivity contribution in [1.82, 2.24) is 5.32 Å². The fraction of sp³-hybridized carbons (Fsp3) is 0.278. The van der Waals surface area contributed by atoms with Crippen molar-refractivity contribution in [1.29, 1.82) is 0 Å². The van der Waals surface area contributed by atoms with Crippen LogP contribution < -0.4 is 5.32 Å². The fourth-order valence-electron chi connectivity index (χ4n) is 2.27. The lowest BCUT2D eigenvalue weighted by Gasteiger charge is -2.20. The third-order valence-electron chi connectivity index (χ3n) is 3.63. The molecule has 0 aliphatic carbocycles. The smallest absolute Gasteiger partial charge is 0.407 e. The van der Waals surface area contributed by atoms with Gasteiger partial charge in [-0.2, -0.15) is 0 Å². The Bertz CT molecular complexity index is 695. The van der Waals surface area contributed by atoms with E-state index in [1.165, 1.54) is 6.07 Å². The minimum atomic E-state index is -1.47. The molecule has 2 unspecified atom stereocenters. The van der Waals surface area contributed by atoms with Crippen LogP contribution >= 0.6 is 0 Å². The maximum absolute atomic E-state index is 13.3. The Morgan fingerprint density at radius 2 is 1.88 bits per heavy atom. The number of aliphatic hydroxyl groups excluding tert-OH is 3. The Morgan fingerprint density at radius 3 is 2.56 bits per heavy atom. The van der Waals surface area contributed by atoms with Crippen molar-refractivity contribution in [3.63, 3.8) is 0 Å². The summed E-state index contributed by atoms with van der Waals surface area (Å²) < 4.78 is 18.3. The van der Waals surface area contributed by atoms with Gasteiger partial charge in [-0.25, -0.2) is 9.18 Å². The second-order valence-electron chi connectivity index (χ2n) is 5.46. The first-order valence-corrected chi connectivity index (χ1v) is 7.71. The number of halogens is 1. The van der Waals surface area contributed by atoms with Crippen LogP contribution in [0.3, 0.4) is 0 Å². The van der Waals surface area contributed by atoms with Crippen LogP contribution in [0.25, 0.3) is 0 Å². The van der Waals surface area contributed by atoms with Gasteiger partial charge in [-0.1, -0.05) is 36.4 Å². The number of rotatable bonds is 7. The van der Waals surface area contributed by atoms with Crippen molar-refractivity contribution in [2.45, 2.75) is 25.4 Å². The lowest BCUT2D eigenvalue weighted by atomic mass is 9.98. The Kier molecular flexibility index (Phi) is 6.88. The number of amides is 1. The van der Waals surface area contributed by atoms with E-state index in [2.05, 4.69) is 5.32 Å². The Balaban J connectivity index is 1.86. The van der Waals surface area contributed by atoms with Crippen molar-refractivity contribution in [3.05, 3.63) is 71.0 Å². The maximum Gasteiger partial charge on any atom is 0.407 e. The number of carbonyl (C=O) groups is 1. The van der Waals surface area contributed by atoms with Gasteiger partial charge in [0.1, 0.15) is 24.6 Å². The van der Waals surface area contributed by atoms with Crippen LogP contribution in [-0.2, 0) is 18.0 Å². The van der Waals surface area contributed by atoms with Crippen LogP contribution in [0.4, 0.5) is 9.18 Å². The Hall–Kier alpha value is -2.48. The monoisotopic (exact) mass is 349 g/mol. The van der Waals surface area contributed by atoms with Gasteiger partial charge in [0.05, 0.1) is 6.61 Å². The van der Waals surface area contributed by atoms with Crippen LogP contribution in [0.15, 0.2) is 48.5 Å². The Labute approximate surface area is 144 Å². The van der Waals surface area contributed by atoms with Crippen LogP contribution in [0.1, 0.15) is 22.8 Å². The first-order valence-electron chi connectivity index (χ1n) is 7.71. The molecule has 2 atom stereocenters. The van der Waals surface area contributed by atoms with Gasteiger partial charge in [-0.05, 0) is 28.8 Å². The largest absolute Gasteiger partial charge is 0.445 e. The maximum atomic E-state index is 13.3. The average molecular weight is 349 g/mol. The highest BCUT2D eigenvalue weighted by atomic mass is 19.1. The van der Waals surface area contributed by atoms with Gasteiger partial charge in [0.25, 0.3) is 0 Å². The number of alkyl carbamates (subject to hydrolysis) is 1. The summed E-state index contributed by atoms with van der Waals surface area (Å²) in [6.45, 7) is -0.633. The average Bonchev–Trinajstić information content (AvgIpc) is 2.64. The van der Waals surface area contributed by atoms with Crippen LogP contribution in [-0.4, -0.2) is 34.1 Å². The number of ether oxygens (including phenoxy) is 1. The molecule has 0 saturated carbocycles. The van der Waals surface area contributed by atoms with Crippen molar-refractivity contribution < 1.29 is 29.2 Å². The zero-order chi connectivity index (χ0) is 18.2. The summed E-state index contributed by atoms with van der Waals surface area (Å²) in [6.07, 6.45) is -3.61. The molecule has 2 rings (SSSR count). The van der Waals surface area contributed by atoms with Crippen molar-refractivity contribution in [2.24, 2.45) is 0 Å². The molecule has 2 aromatic rings. The molecule has 1 amide bonds. The third-order valence-corrected chi connectivity index (χ3v) is 3.63. The number of nitrogens with one attached hydrogen (secondary N) is 1. The highest BCUT2D eigenvalue weighted by Gasteiger charge is 2.22. The van der Waals surface area contributed by atoms with Gasteiger partial charge in [0.15, 0.2) is 0 Å². The molecule has 0 aliphatic rings. The molecule has 0 spiro atoms. The van der Waals surface area contributed by atoms with Crippen LogP contribution in [0, 0.1) is 5.82 Å². The molecule has 134 valence electrons. The summed E-state index contributed by atoms with van der Waals surface area (Å²) in [5, 5.41) is 31.7. The summed E-state index contributed by atoms with van der Waals surface area (Å²) in [7, 11) is 0.